The Morgan fingerprint density at radius 1 is 1.22 bits per heavy atom. The van der Waals surface area contributed by atoms with Crippen LogP contribution in [0.5, 0.6) is 0 Å². The number of nitrogens with zero attached hydrogens (tertiary/aromatic N) is 1. The number of rotatable bonds is 9. The fourth-order valence-corrected chi connectivity index (χ4v) is 1.56. The predicted octanol–water partition coefficient (Wildman–Crippen LogP) is 1.55. The molecular formula is C14H20N2O2. The summed E-state index contributed by atoms with van der Waals surface area (Å²) in [4.78, 5) is 0. The average molecular weight is 248 g/mol. The summed E-state index contributed by atoms with van der Waals surface area (Å²) in [5.74, 6) is -0.106. The first-order valence-electron chi connectivity index (χ1n) is 6.10. The highest BCUT2D eigenvalue weighted by molar-refractivity contribution is 5.24. The quantitative estimate of drug-likeness (QED) is 0.674. The van der Waals surface area contributed by atoms with Crippen molar-refractivity contribution in [3.63, 3.8) is 0 Å². The molecule has 0 aliphatic rings. The predicted molar refractivity (Wildman–Crippen MR) is 70.4 cm³/mol. The zero-order valence-corrected chi connectivity index (χ0v) is 10.8. The van der Waals surface area contributed by atoms with Crippen molar-refractivity contribution in [1.29, 1.82) is 5.26 Å². The van der Waals surface area contributed by atoms with Gasteiger partial charge < -0.3 is 14.8 Å². The highest BCUT2D eigenvalue weighted by Gasteiger charge is 2.08. The number of ether oxygens (including phenoxy) is 2. The standard InChI is InChI=1S/C14H20N2O2/c1-17-9-10-18-8-7-16-12-14(11-15)13-5-3-2-4-6-13/h2-6,14,16H,7-10,12H2,1H3. The average Bonchev–Trinajstić information content (AvgIpc) is 2.43. The summed E-state index contributed by atoms with van der Waals surface area (Å²) in [5.41, 5.74) is 1.05. The van der Waals surface area contributed by atoms with Gasteiger partial charge in [-0.2, -0.15) is 5.26 Å². The lowest BCUT2D eigenvalue weighted by molar-refractivity contribution is 0.0720. The van der Waals surface area contributed by atoms with Crippen molar-refractivity contribution in [1.82, 2.24) is 5.32 Å². The summed E-state index contributed by atoms with van der Waals surface area (Å²) in [6.45, 7) is 3.25. The largest absolute Gasteiger partial charge is 0.382 e. The van der Waals surface area contributed by atoms with Crippen molar-refractivity contribution in [2.45, 2.75) is 5.92 Å². The van der Waals surface area contributed by atoms with Gasteiger partial charge in [-0.1, -0.05) is 30.3 Å². The normalized spacial score (nSPS) is 12.0. The third-order valence-corrected chi connectivity index (χ3v) is 2.56. The smallest absolute Gasteiger partial charge is 0.0837 e. The van der Waals surface area contributed by atoms with Crippen molar-refractivity contribution >= 4 is 0 Å². The molecule has 0 saturated carbocycles. The van der Waals surface area contributed by atoms with Gasteiger partial charge in [0.2, 0.25) is 0 Å². The fraction of sp³-hybridized carbons (Fsp3) is 0.500. The van der Waals surface area contributed by atoms with E-state index in [2.05, 4.69) is 11.4 Å². The number of benzene rings is 1. The number of hydrogen-bond acceptors (Lipinski definition) is 4. The van der Waals surface area contributed by atoms with Crippen LogP contribution in [0.4, 0.5) is 0 Å². The lowest BCUT2D eigenvalue weighted by Gasteiger charge is -2.11. The number of nitrogens with one attached hydrogen (secondary N) is 1. The number of hydrogen-bond donors (Lipinski definition) is 1. The van der Waals surface area contributed by atoms with Crippen LogP contribution in [0.2, 0.25) is 0 Å². The Hall–Kier alpha value is -1.41. The Labute approximate surface area is 109 Å². The second kappa shape index (κ2) is 9.60. The minimum Gasteiger partial charge on any atom is -0.382 e. The molecular weight excluding hydrogens is 228 g/mol. The zero-order chi connectivity index (χ0) is 13.1. The molecule has 1 atom stereocenters. The van der Waals surface area contributed by atoms with E-state index in [-0.39, 0.29) is 5.92 Å². The van der Waals surface area contributed by atoms with E-state index < -0.39 is 0 Å². The van der Waals surface area contributed by atoms with Gasteiger partial charge in [0.15, 0.2) is 0 Å². The molecule has 1 N–H and O–H groups in total. The maximum atomic E-state index is 9.11. The second-order valence-corrected chi connectivity index (χ2v) is 3.90. The monoisotopic (exact) mass is 248 g/mol. The van der Waals surface area contributed by atoms with Gasteiger partial charge >= 0.3 is 0 Å². The highest BCUT2D eigenvalue weighted by atomic mass is 16.5. The molecule has 4 heteroatoms. The first-order chi connectivity index (χ1) is 8.88. The van der Waals surface area contributed by atoms with E-state index in [1.165, 1.54) is 0 Å². The van der Waals surface area contributed by atoms with Crippen molar-refractivity contribution < 1.29 is 9.47 Å². The molecule has 1 rings (SSSR count). The summed E-state index contributed by atoms with van der Waals surface area (Å²) in [6, 6.07) is 12.1. The molecule has 0 spiro atoms. The lowest BCUT2D eigenvalue weighted by Crippen LogP contribution is -2.25. The third kappa shape index (κ3) is 5.78. The van der Waals surface area contributed by atoms with Crippen LogP contribution >= 0.6 is 0 Å². The summed E-state index contributed by atoms with van der Waals surface area (Å²) >= 11 is 0. The third-order valence-electron chi connectivity index (χ3n) is 2.56. The van der Waals surface area contributed by atoms with Crippen molar-refractivity contribution in [2.75, 3.05) is 40.0 Å². The molecule has 0 aliphatic heterocycles. The van der Waals surface area contributed by atoms with Gasteiger partial charge in [0, 0.05) is 20.2 Å². The van der Waals surface area contributed by atoms with Gasteiger partial charge in [0.05, 0.1) is 31.8 Å². The molecule has 0 heterocycles. The van der Waals surface area contributed by atoms with Gasteiger partial charge in [-0.3, -0.25) is 0 Å². The first-order valence-corrected chi connectivity index (χ1v) is 6.10. The van der Waals surface area contributed by atoms with Crippen LogP contribution in [0.1, 0.15) is 11.5 Å². The maximum absolute atomic E-state index is 9.11. The Bertz CT molecular complexity index is 349. The molecule has 0 bridgehead atoms. The Balaban J connectivity index is 2.16. The van der Waals surface area contributed by atoms with Crippen LogP contribution in [-0.4, -0.2) is 40.0 Å². The molecule has 0 aromatic heterocycles. The summed E-state index contributed by atoms with van der Waals surface area (Å²) in [6.07, 6.45) is 0. The zero-order valence-electron chi connectivity index (χ0n) is 10.8. The molecule has 0 radical (unpaired) electrons. The SMILES string of the molecule is COCCOCCNCC(C#N)c1ccccc1. The summed E-state index contributed by atoms with van der Waals surface area (Å²) in [7, 11) is 1.65. The van der Waals surface area contributed by atoms with E-state index in [1.54, 1.807) is 7.11 Å². The minimum atomic E-state index is -0.106. The van der Waals surface area contributed by atoms with Gasteiger partial charge in [0.25, 0.3) is 0 Å². The van der Waals surface area contributed by atoms with Gasteiger partial charge in [-0.05, 0) is 5.56 Å². The molecule has 1 aromatic rings. The Morgan fingerprint density at radius 2 is 2.00 bits per heavy atom. The highest BCUT2D eigenvalue weighted by Crippen LogP contribution is 2.12. The van der Waals surface area contributed by atoms with Gasteiger partial charge in [0.1, 0.15) is 0 Å². The van der Waals surface area contributed by atoms with E-state index in [0.717, 1.165) is 12.1 Å². The van der Waals surface area contributed by atoms with Crippen molar-refractivity contribution in [2.24, 2.45) is 0 Å². The van der Waals surface area contributed by atoms with E-state index in [0.29, 0.717) is 26.4 Å². The van der Waals surface area contributed by atoms with Gasteiger partial charge in [-0.25, -0.2) is 0 Å². The molecule has 18 heavy (non-hydrogen) atoms. The van der Waals surface area contributed by atoms with E-state index in [1.807, 2.05) is 30.3 Å². The number of nitriles is 1. The molecule has 0 aliphatic carbocycles. The fourth-order valence-electron chi connectivity index (χ4n) is 1.56. The molecule has 0 amide bonds. The Kier molecular flexibility index (Phi) is 7.82. The first kappa shape index (κ1) is 14.7. The van der Waals surface area contributed by atoms with Crippen LogP contribution in [-0.2, 0) is 9.47 Å². The molecule has 1 aromatic carbocycles. The van der Waals surface area contributed by atoms with E-state index in [9.17, 15) is 0 Å². The van der Waals surface area contributed by atoms with Crippen LogP contribution < -0.4 is 5.32 Å². The summed E-state index contributed by atoms with van der Waals surface area (Å²) in [5, 5.41) is 12.3. The summed E-state index contributed by atoms with van der Waals surface area (Å²) < 4.78 is 10.2. The second-order valence-electron chi connectivity index (χ2n) is 3.90. The molecule has 0 saturated heterocycles. The van der Waals surface area contributed by atoms with Crippen LogP contribution in [0.3, 0.4) is 0 Å². The van der Waals surface area contributed by atoms with Crippen LogP contribution in [0.15, 0.2) is 30.3 Å². The van der Waals surface area contributed by atoms with Crippen molar-refractivity contribution in [3.8, 4) is 6.07 Å². The van der Waals surface area contributed by atoms with Crippen molar-refractivity contribution in [3.05, 3.63) is 35.9 Å². The van der Waals surface area contributed by atoms with Crippen LogP contribution in [0, 0.1) is 11.3 Å². The lowest BCUT2D eigenvalue weighted by atomic mass is 10.0. The van der Waals surface area contributed by atoms with Crippen LogP contribution in [0.25, 0.3) is 0 Å². The number of methoxy groups -OCH3 is 1. The van der Waals surface area contributed by atoms with E-state index >= 15 is 0 Å². The topological polar surface area (TPSA) is 54.3 Å². The Morgan fingerprint density at radius 3 is 2.67 bits per heavy atom. The van der Waals surface area contributed by atoms with Gasteiger partial charge in [-0.15, -0.1) is 0 Å². The molecule has 0 fully saturated rings. The molecule has 1 unspecified atom stereocenters. The maximum Gasteiger partial charge on any atom is 0.0837 e. The molecule has 98 valence electrons. The van der Waals surface area contributed by atoms with E-state index in [4.69, 9.17) is 14.7 Å². The minimum absolute atomic E-state index is 0.106. The molecule has 4 nitrogen and oxygen atoms in total.